The molecule has 30 heavy (non-hydrogen) atoms. The van der Waals surface area contributed by atoms with Crippen molar-refractivity contribution in [1.82, 2.24) is 9.47 Å². The molecule has 0 spiro atoms. The third-order valence-corrected chi connectivity index (χ3v) is 4.02. The maximum absolute atomic E-state index is 12.9. The van der Waals surface area contributed by atoms with Crippen LogP contribution in [0.15, 0.2) is 36.5 Å². The standard InChI is InChI=1S/C22H30N2O6/c1-21(2,3)29-19(26)24(20(27)30-22(4,5)6)17(18(25)28-7)14-23-13-12-15-10-8-9-11-16(15)23/h8-13,17H,14H2,1-7H3. The molecule has 164 valence electrons. The first-order chi connectivity index (χ1) is 13.8. The van der Waals surface area contributed by atoms with Crippen LogP contribution in [0.1, 0.15) is 41.5 Å². The maximum atomic E-state index is 12.9. The molecule has 1 atom stereocenters. The number of rotatable bonds is 4. The summed E-state index contributed by atoms with van der Waals surface area (Å²) in [7, 11) is 1.20. The van der Waals surface area contributed by atoms with Gasteiger partial charge in [-0.05, 0) is 59.1 Å². The Bertz CT molecular complexity index is 892. The van der Waals surface area contributed by atoms with Gasteiger partial charge in [0.25, 0.3) is 0 Å². The summed E-state index contributed by atoms with van der Waals surface area (Å²) in [4.78, 5) is 39.2. The number of nitrogens with zero attached hydrogens (tertiary/aromatic N) is 2. The third-order valence-electron chi connectivity index (χ3n) is 4.02. The molecule has 2 amide bonds. The van der Waals surface area contributed by atoms with Crippen molar-refractivity contribution in [3.05, 3.63) is 36.5 Å². The van der Waals surface area contributed by atoms with Gasteiger partial charge in [-0.15, -0.1) is 0 Å². The first kappa shape index (κ1) is 23.3. The molecule has 0 fully saturated rings. The lowest BCUT2D eigenvalue weighted by molar-refractivity contribution is -0.147. The lowest BCUT2D eigenvalue weighted by Gasteiger charge is -2.32. The zero-order valence-electron chi connectivity index (χ0n) is 18.6. The Hall–Kier alpha value is -3.03. The van der Waals surface area contributed by atoms with Crippen molar-refractivity contribution in [1.29, 1.82) is 0 Å². The Morgan fingerprint density at radius 3 is 1.97 bits per heavy atom. The topological polar surface area (TPSA) is 87.1 Å². The Kier molecular flexibility index (Phi) is 6.80. The summed E-state index contributed by atoms with van der Waals surface area (Å²) in [5, 5.41) is 0.960. The number of methoxy groups -OCH3 is 1. The van der Waals surface area contributed by atoms with Crippen molar-refractivity contribution in [2.75, 3.05) is 7.11 Å². The quantitative estimate of drug-likeness (QED) is 0.542. The molecule has 8 nitrogen and oxygen atoms in total. The van der Waals surface area contributed by atoms with Crippen molar-refractivity contribution in [3.63, 3.8) is 0 Å². The number of benzene rings is 1. The second kappa shape index (κ2) is 8.77. The van der Waals surface area contributed by atoms with E-state index in [-0.39, 0.29) is 6.54 Å². The zero-order valence-corrected chi connectivity index (χ0v) is 18.6. The van der Waals surface area contributed by atoms with Crippen molar-refractivity contribution in [2.45, 2.75) is 65.3 Å². The molecule has 1 unspecified atom stereocenters. The smallest absolute Gasteiger partial charge is 0.420 e. The highest BCUT2D eigenvalue weighted by Crippen LogP contribution is 2.21. The van der Waals surface area contributed by atoms with Gasteiger partial charge in [0.2, 0.25) is 0 Å². The third kappa shape index (κ3) is 5.98. The molecule has 0 bridgehead atoms. The highest BCUT2D eigenvalue weighted by Gasteiger charge is 2.41. The molecule has 2 aromatic rings. The van der Waals surface area contributed by atoms with Crippen LogP contribution >= 0.6 is 0 Å². The minimum Gasteiger partial charge on any atom is -0.467 e. The molecule has 1 aromatic heterocycles. The first-order valence-corrected chi connectivity index (χ1v) is 9.69. The van der Waals surface area contributed by atoms with Crippen LogP contribution in [0, 0.1) is 0 Å². The van der Waals surface area contributed by atoms with Crippen molar-refractivity contribution >= 4 is 29.1 Å². The second-order valence-electron chi connectivity index (χ2n) is 8.90. The van der Waals surface area contributed by atoms with Crippen molar-refractivity contribution < 1.29 is 28.6 Å². The number of hydrogen-bond acceptors (Lipinski definition) is 6. The van der Waals surface area contributed by atoms with E-state index in [1.54, 1.807) is 52.3 Å². The van der Waals surface area contributed by atoms with Crippen LogP contribution in [0.25, 0.3) is 10.9 Å². The molecule has 1 aromatic carbocycles. The molecule has 1 heterocycles. The lowest BCUT2D eigenvalue weighted by Crippen LogP contribution is -2.53. The van der Waals surface area contributed by atoms with E-state index in [4.69, 9.17) is 14.2 Å². The number of aromatic nitrogens is 1. The summed E-state index contributed by atoms with van der Waals surface area (Å²) >= 11 is 0. The molecule has 0 aliphatic heterocycles. The van der Waals surface area contributed by atoms with Crippen LogP contribution in [0.2, 0.25) is 0 Å². The molecule has 0 saturated heterocycles. The van der Waals surface area contributed by atoms with Crippen LogP contribution < -0.4 is 0 Å². The van der Waals surface area contributed by atoms with Gasteiger partial charge in [0, 0.05) is 11.7 Å². The molecule has 0 N–H and O–H groups in total. The van der Waals surface area contributed by atoms with E-state index in [0.29, 0.717) is 4.90 Å². The summed E-state index contributed by atoms with van der Waals surface area (Å²) in [6.07, 6.45) is -0.185. The van der Waals surface area contributed by atoms with Gasteiger partial charge < -0.3 is 18.8 Å². The lowest BCUT2D eigenvalue weighted by atomic mass is 10.2. The number of carbonyl (C=O) groups excluding carboxylic acids is 3. The number of esters is 1. The van der Waals surface area contributed by atoms with Gasteiger partial charge >= 0.3 is 18.2 Å². The Balaban J connectivity index is 2.48. The van der Waals surface area contributed by atoms with Crippen LogP contribution in [0.3, 0.4) is 0 Å². The predicted octanol–water partition coefficient (Wildman–Crippen LogP) is 4.36. The average Bonchev–Trinajstić information content (AvgIpc) is 3.00. The fraction of sp³-hybridized carbons (Fsp3) is 0.500. The highest BCUT2D eigenvalue weighted by atomic mass is 16.6. The fourth-order valence-corrected chi connectivity index (χ4v) is 2.83. The molecule has 0 aliphatic rings. The molecular weight excluding hydrogens is 388 g/mol. The molecule has 2 rings (SSSR count). The van der Waals surface area contributed by atoms with Crippen LogP contribution in [0.5, 0.6) is 0 Å². The molecule has 8 heteroatoms. The number of hydrogen-bond donors (Lipinski definition) is 0. The van der Waals surface area contributed by atoms with E-state index in [0.717, 1.165) is 10.9 Å². The van der Waals surface area contributed by atoms with E-state index in [1.165, 1.54) is 7.11 Å². The summed E-state index contributed by atoms with van der Waals surface area (Å²) in [6.45, 7) is 10.0. The SMILES string of the molecule is COC(=O)C(Cn1ccc2ccccc21)N(C(=O)OC(C)(C)C)C(=O)OC(C)(C)C. The van der Waals surface area contributed by atoms with Crippen molar-refractivity contribution in [2.24, 2.45) is 0 Å². The van der Waals surface area contributed by atoms with E-state index in [1.807, 2.05) is 30.3 Å². The predicted molar refractivity (Wildman–Crippen MR) is 112 cm³/mol. The summed E-state index contributed by atoms with van der Waals surface area (Å²) in [5.74, 6) is -0.760. The first-order valence-electron chi connectivity index (χ1n) is 9.69. The Morgan fingerprint density at radius 1 is 0.933 bits per heavy atom. The van der Waals surface area contributed by atoms with Gasteiger partial charge in [-0.25, -0.2) is 14.4 Å². The normalized spacial score (nSPS) is 12.9. The number of para-hydroxylation sites is 1. The van der Waals surface area contributed by atoms with Gasteiger partial charge in [0.15, 0.2) is 6.04 Å². The summed E-state index contributed by atoms with van der Waals surface area (Å²) in [6, 6.07) is 8.18. The average molecular weight is 418 g/mol. The van der Waals surface area contributed by atoms with E-state index >= 15 is 0 Å². The number of carbonyl (C=O) groups is 3. The van der Waals surface area contributed by atoms with Gasteiger partial charge in [-0.2, -0.15) is 4.90 Å². The largest absolute Gasteiger partial charge is 0.467 e. The van der Waals surface area contributed by atoms with E-state index < -0.39 is 35.4 Å². The van der Waals surface area contributed by atoms with Crippen LogP contribution in [-0.4, -0.2) is 52.0 Å². The van der Waals surface area contributed by atoms with Crippen LogP contribution in [0.4, 0.5) is 9.59 Å². The monoisotopic (exact) mass is 418 g/mol. The summed E-state index contributed by atoms with van der Waals surface area (Å²) < 4.78 is 17.5. The van der Waals surface area contributed by atoms with E-state index in [2.05, 4.69) is 0 Å². The minimum absolute atomic E-state index is 0.0152. The molecule has 0 radical (unpaired) electrons. The molecule has 0 aliphatic carbocycles. The van der Waals surface area contributed by atoms with Gasteiger partial charge in [-0.1, -0.05) is 18.2 Å². The molecule has 0 saturated carbocycles. The second-order valence-corrected chi connectivity index (χ2v) is 8.90. The van der Waals surface area contributed by atoms with Crippen molar-refractivity contribution in [3.8, 4) is 0 Å². The maximum Gasteiger partial charge on any atom is 0.420 e. The number of amides is 2. The van der Waals surface area contributed by atoms with Crippen LogP contribution in [-0.2, 0) is 25.5 Å². The minimum atomic E-state index is -1.28. The Labute approximate surface area is 176 Å². The zero-order chi connectivity index (χ0) is 22.7. The number of fused-ring (bicyclic) bond motifs is 1. The van der Waals surface area contributed by atoms with Gasteiger partial charge in [-0.3, -0.25) is 0 Å². The van der Waals surface area contributed by atoms with Gasteiger partial charge in [0.1, 0.15) is 11.2 Å². The summed E-state index contributed by atoms with van der Waals surface area (Å²) in [5.41, 5.74) is -0.907. The molecular formula is C22H30N2O6. The Morgan fingerprint density at radius 2 is 1.47 bits per heavy atom. The van der Waals surface area contributed by atoms with E-state index in [9.17, 15) is 14.4 Å². The fourth-order valence-electron chi connectivity index (χ4n) is 2.83. The number of ether oxygens (including phenoxy) is 3. The number of imide groups is 1. The highest BCUT2D eigenvalue weighted by molar-refractivity contribution is 5.94. The van der Waals surface area contributed by atoms with Gasteiger partial charge in [0.05, 0.1) is 13.7 Å².